The SMILES string of the molecule is CCCn1cncc1C(O)Cc1ccc(F)c(Br)c1. The predicted octanol–water partition coefficient (Wildman–Crippen LogP) is 3.47. The van der Waals surface area contributed by atoms with E-state index in [0.717, 1.165) is 24.2 Å². The number of aliphatic hydroxyl groups is 1. The van der Waals surface area contributed by atoms with E-state index >= 15 is 0 Å². The maximum Gasteiger partial charge on any atom is 0.137 e. The average Bonchev–Trinajstić information content (AvgIpc) is 2.83. The number of hydrogen-bond acceptors (Lipinski definition) is 2. The summed E-state index contributed by atoms with van der Waals surface area (Å²) in [5.41, 5.74) is 1.67. The number of halogens is 2. The fourth-order valence-electron chi connectivity index (χ4n) is 2.03. The molecule has 5 heteroatoms. The summed E-state index contributed by atoms with van der Waals surface area (Å²) in [6.45, 7) is 2.91. The highest BCUT2D eigenvalue weighted by atomic mass is 79.9. The van der Waals surface area contributed by atoms with Gasteiger partial charge in [-0.1, -0.05) is 13.0 Å². The van der Waals surface area contributed by atoms with E-state index in [1.165, 1.54) is 6.07 Å². The molecule has 0 spiro atoms. The van der Waals surface area contributed by atoms with Gasteiger partial charge in [-0.15, -0.1) is 0 Å². The number of rotatable bonds is 5. The highest BCUT2D eigenvalue weighted by Gasteiger charge is 2.14. The Morgan fingerprint density at radius 2 is 2.26 bits per heavy atom. The molecule has 0 radical (unpaired) electrons. The van der Waals surface area contributed by atoms with E-state index in [1.807, 2.05) is 4.57 Å². The smallest absolute Gasteiger partial charge is 0.137 e. The first-order valence-electron chi connectivity index (χ1n) is 6.23. The number of imidazole rings is 1. The molecule has 19 heavy (non-hydrogen) atoms. The second-order valence-corrected chi connectivity index (χ2v) is 5.33. The molecule has 0 fully saturated rings. The average molecular weight is 327 g/mol. The molecule has 0 amide bonds. The third-order valence-electron chi connectivity index (χ3n) is 2.96. The van der Waals surface area contributed by atoms with Crippen molar-refractivity contribution in [1.29, 1.82) is 0 Å². The van der Waals surface area contributed by atoms with Crippen molar-refractivity contribution in [3.05, 3.63) is 52.3 Å². The number of benzene rings is 1. The van der Waals surface area contributed by atoms with Crippen LogP contribution < -0.4 is 0 Å². The summed E-state index contributed by atoms with van der Waals surface area (Å²) in [5, 5.41) is 10.3. The van der Waals surface area contributed by atoms with Crippen LogP contribution in [-0.4, -0.2) is 14.7 Å². The third kappa shape index (κ3) is 3.42. The maximum absolute atomic E-state index is 13.2. The van der Waals surface area contributed by atoms with E-state index in [-0.39, 0.29) is 5.82 Å². The summed E-state index contributed by atoms with van der Waals surface area (Å²) in [4.78, 5) is 4.07. The van der Waals surface area contributed by atoms with Crippen molar-refractivity contribution in [1.82, 2.24) is 9.55 Å². The standard InChI is InChI=1S/C14H16BrFN2O/c1-2-5-18-9-17-8-13(18)14(19)7-10-3-4-12(16)11(15)6-10/h3-4,6,8-9,14,19H,2,5,7H2,1H3. The van der Waals surface area contributed by atoms with Crippen LogP contribution in [0.15, 0.2) is 35.2 Å². The molecule has 2 aromatic rings. The van der Waals surface area contributed by atoms with Gasteiger partial charge in [-0.05, 0) is 40.0 Å². The van der Waals surface area contributed by atoms with Crippen LogP contribution in [0.25, 0.3) is 0 Å². The summed E-state index contributed by atoms with van der Waals surface area (Å²) in [6.07, 6.45) is 4.19. The number of nitrogens with zero attached hydrogens (tertiary/aromatic N) is 2. The zero-order valence-electron chi connectivity index (χ0n) is 10.7. The lowest BCUT2D eigenvalue weighted by molar-refractivity contribution is 0.168. The topological polar surface area (TPSA) is 38.0 Å². The van der Waals surface area contributed by atoms with Crippen LogP contribution in [0.5, 0.6) is 0 Å². The van der Waals surface area contributed by atoms with Gasteiger partial charge in [0, 0.05) is 13.0 Å². The van der Waals surface area contributed by atoms with E-state index in [0.29, 0.717) is 10.9 Å². The molecule has 0 bridgehead atoms. The lowest BCUT2D eigenvalue weighted by Gasteiger charge is -2.13. The number of aromatic nitrogens is 2. The van der Waals surface area contributed by atoms with Crippen LogP contribution in [0, 0.1) is 5.82 Å². The second kappa shape index (κ2) is 6.30. The van der Waals surface area contributed by atoms with Crippen LogP contribution >= 0.6 is 15.9 Å². The second-order valence-electron chi connectivity index (χ2n) is 4.48. The minimum Gasteiger partial charge on any atom is -0.386 e. The van der Waals surface area contributed by atoms with E-state index in [2.05, 4.69) is 27.8 Å². The van der Waals surface area contributed by atoms with E-state index in [9.17, 15) is 9.50 Å². The maximum atomic E-state index is 13.2. The first-order chi connectivity index (χ1) is 9.11. The van der Waals surface area contributed by atoms with Gasteiger partial charge < -0.3 is 9.67 Å². The van der Waals surface area contributed by atoms with Crippen LogP contribution in [0.4, 0.5) is 4.39 Å². The molecule has 0 saturated heterocycles. The molecule has 1 unspecified atom stereocenters. The van der Waals surface area contributed by atoms with Gasteiger partial charge >= 0.3 is 0 Å². The van der Waals surface area contributed by atoms with Crippen molar-refractivity contribution in [2.75, 3.05) is 0 Å². The zero-order valence-corrected chi connectivity index (χ0v) is 12.3. The van der Waals surface area contributed by atoms with Crippen molar-refractivity contribution in [2.24, 2.45) is 0 Å². The van der Waals surface area contributed by atoms with E-state index in [4.69, 9.17) is 0 Å². The Balaban J connectivity index is 2.13. The first kappa shape index (κ1) is 14.2. The highest BCUT2D eigenvalue weighted by Crippen LogP contribution is 2.22. The molecular formula is C14H16BrFN2O. The molecule has 1 aromatic heterocycles. The Morgan fingerprint density at radius 3 is 2.95 bits per heavy atom. The molecule has 1 heterocycles. The largest absolute Gasteiger partial charge is 0.386 e. The number of aryl methyl sites for hydroxylation is 1. The van der Waals surface area contributed by atoms with Crippen LogP contribution in [-0.2, 0) is 13.0 Å². The van der Waals surface area contributed by atoms with Crippen LogP contribution in [0.3, 0.4) is 0 Å². The van der Waals surface area contributed by atoms with Crippen molar-refractivity contribution < 1.29 is 9.50 Å². The lowest BCUT2D eigenvalue weighted by Crippen LogP contribution is -2.09. The van der Waals surface area contributed by atoms with Gasteiger partial charge in [-0.2, -0.15) is 0 Å². The van der Waals surface area contributed by atoms with Gasteiger partial charge in [0.1, 0.15) is 5.82 Å². The van der Waals surface area contributed by atoms with Gasteiger partial charge in [-0.3, -0.25) is 0 Å². The molecule has 102 valence electrons. The monoisotopic (exact) mass is 326 g/mol. The quantitative estimate of drug-likeness (QED) is 0.913. The van der Waals surface area contributed by atoms with Gasteiger partial charge in [0.25, 0.3) is 0 Å². The number of aliphatic hydroxyl groups excluding tert-OH is 1. The Bertz CT molecular complexity index is 556. The van der Waals surface area contributed by atoms with Crippen LogP contribution in [0.2, 0.25) is 0 Å². The summed E-state index contributed by atoms with van der Waals surface area (Å²) in [5.74, 6) is -0.297. The van der Waals surface area contributed by atoms with Crippen molar-refractivity contribution in [2.45, 2.75) is 32.4 Å². The van der Waals surface area contributed by atoms with E-state index < -0.39 is 6.10 Å². The fourth-order valence-corrected chi connectivity index (χ4v) is 2.46. The first-order valence-corrected chi connectivity index (χ1v) is 7.03. The zero-order chi connectivity index (χ0) is 13.8. The summed E-state index contributed by atoms with van der Waals surface area (Å²) in [7, 11) is 0. The van der Waals surface area contributed by atoms with Gasteiger partial charge in [0.15, 0.2) is 0 Å². The molecule has 2 rings (SSSR count). The van der Waals surface area contributed by atoms with Gasteiger partial charge in [0.05, 0.1) is 28.8 Å². The Hall–Kier alpha value is -1.20. The Morgan fingerprint density at radius 1 is 1.47 bits per heavy atom. The molecule has 1 aromatic carbocycles. The van der Waals surface area contributed by atoms with Gasteiger partial charge in [0.2, 0.25) is 0 Å². The third-order valence-corrected chi connectivity index (χ3v) is 3.57. The minimum atomic E-state index is -0.633. The number of hydrogen-bond donors (Lipinski definition) is 1. The molecular weight excluding hydrogens is 311 g/mol. The molecule has 0 saturated carbocycles. The molecule has 0 aliphatic carbocycles. The molecule has 0 aliphatic heterocycles. The highest BCUT2D eigenvalue weighted by molar-refractivity contribution is 9.10. The minimum absolute atomic E-state index is 0.297. The molecule has 0 aliphatic rings. The van der Waals surface area contributed by atoms with Crippen LogP contribution in [0.1, 0.15) is 30.7 Å². The molecule has 1 atom stereocenters. The van der Waals surface area contributed by atoms with Crippen molar-refractivity contribution in [3.63, 3.8) is 0 Å². The summed E-state index contributed by atoms with van der Waals surface area (Å²) >= 11 is 3.15. The molecule has 3 nitrogen and oxygen atoms in total. The van der Waals surface area contributed by atoms with Crippen molar-refractivity contribution >= 4 is 15.9 Å². The Labute approximate surface area is 120 Å². The van der Waals surface area contributed by atoms with Gasteiger partial charge in [-0.25, -0.2) is 9.37 Å². The predicted molar refractivity (Wildman–Crippen MR) is 75.3 cm³/mol. The van der Waals surface area contributed by atoms with E-state index in [1.54, 1.807) is 24.7 Å². The lowest BCUT2D eigenvalue weighted by atomic mass is 10.1. The normalized spacial score (nSPS) is 12.6. The molecule has 1 N–H and O–H groups in total. The fraction of sp³-hybridized carbons (Fsp3) is 0.357. The Kier molecular flexibility index (Phi) is 4.71. The summed E-state index contributed by atoms with van der Waals surface area (Å²) < 4.78 is 15.5. The van der Waals surface area contributed by atoms with Crippen molar-refractivity contribution in [3.8, 4) is 0 Å². The summed E-state index contributed by atoms with van der Waals surface area (Å²) in [6, 6.07) is 4.78.